The predicted molar refractivity (Wildman–Crippen MR) is 54.9 cm³/mol. The number of hydrogen-bond donors (Lipinski definition) is 1. The summed E-state index contributed by atoms with van der Waals surface area (Å²) in [4.78, 5) is 0. The number of rotatable bonds is 5. The Balaban J connectivity index is 2.15. The molecule has 1 aromatic heterocycles. The highest BCUT2D eigenvalue weighted by atomic mass is 35.5. The second-order valence-electron chi connectivity index (χ2n) is 2.71. The summed E-state index contributed by atoms with van der Waals surface area (Å²) in [6.07, 6.45) is 7.06. The number of aryl methyl sites for hydroxylation is 1. The van der Waals surface area contributed by atoms with Crippen molar-refractivity contribution in [2.24, 2.45) is 0 Å². The van der Waals surface area contributed by atoms with Crippen LogP contribution < -0.4 is 0 Å². The maximum Gasteiger partial charge on any atom is 0.0785 e. The van der Waals surface area contributed by atoms with E-state index in [4.69, 9.17) is 11.6 Å². The molecule has 0 saturated heterocycles. The average molecular weight is 205 g/mol. The molecule has 2 nitrogen and oxygen atoms in total. The fraction of sp³-hybridized carbons (Fsp3) is 0.625. The van der Waals surface area contributed by atoms with Gasteiger partial charge >= 0.3 is 0 Å². The van der Waals surface area contributed by atoms with Crippen LogP contribution in [0.3, 0.4) is 0 Å². The van der Waals surface area contributed by atoms with Crippen LogP contribution >= 0.6 is 24.2 Å². The van der Waals surface area contributed by atoms with Crippen LogP contribution in [-0.2, 0) is 6.54 Å². The Morgan fingerprint density at radius 2 is 2.25 bits per heavy atom. The standard InChI is InChI=1S/C8H13ClN2S/c9-8-6-10-11(7-8)4-2-1-3-5-12/h6-7,12H,1-5H2. The van der Waals surface area contributed by atoms with Crippen LogP contribution in [0.2, 0.25) is 5.02 Å². The van der Waals surface area contributed by atoms with Gasteiger partial charge in [0.1, 0.15) is 0 Å². The molecule has 0 unspecified atom stereocenters. The highest BCUT2D eigenvalue weighted by Gasteiger charge is 1.94. The van der Waals surface area contributed by atoms with Gasteiger partial charge in [0.15, 0.2) is 0 Å². The highest BCUT2D eigenvalue weighted by Crippen LogP contribution is 2.06. The number of thiol groups is 1. The molecule has 1 heterocycles. The molecule has 0 N–H and O–H groups in total. The van der Waals surface area contributed by atoms with Crippen molar-refractivity contribution in [1.82, 2.24) is 9.78 Å². The minimum atomic E-state index is 0.712. The van der Waals surface area contributed by atoms with Gasteiger partial charge in [0.05, 0.1) is 11.2 Å². The number of halogens is 1. The second kappa shape index (κ2) is 5.49. The fourth-order valence-corrected chi connectivity index (χ4v) is 1.40. The summed E-state index contributed by atoms with van der Waals surface area (Å²) < 4.78 is 1.88. The minimum Gasteiger partial charge on any atom is -0.271 e. The molecule has 0 fully saturated rings. The Labute approximate surface area is 83.3 Å². The molecule has 0 bridgehead atoms. The van der Waals surface area contributed by atoms with Gasteiger partial charge in [-0.1, -0.05) is 18.0 Å². The van der Waals surface area contributed by atoms with E-state index in [2.05, 4.69) is 17.7 Å². The van der Waals surface area contributed by atoms with Crippen molar-refractivity contribution in [2.45, 2.75) is 25.8 Å². The monoisotopic (exact) mass is 204 g/mol. The molecule has 0 aliphatic heterocycles. The van der Waals surface area contributed by atoms with Gasteiger partial charge in [0, 0.05) is 12.7 Å². The van der Waals surface area contributed by atoms with E-state index in [1.807, 2.05) is 10.9 Å². The Morgan fingerprint density at radius 3 is 2.83 bits per heavy atom. The lowest BCUT2D eigenvalue weighted by atomic mass is 10.2. The van der Waals surface area contributed by atoms with Crippen molar-refractivity contribution < 1.29 is 0 Å². The molecule has 0 spiro atoms. The quantitative estimate of drug-likeness (QED) is 0.577. The van der Waals surface area contributed by atoms with Crippen LogP contribution in [0, 0.1) is 0 Å². The van der Waals surface area contributed by atoms with Crippen LogP contribution in [0.25, 0.3) is 0 Å². The largest absolute Gasteiger partial charge is 0.271 e. The fourth-order valence-electron chi connectivity index (χ4n) is 1.02. The molecule has 1 aromatic rings. The van der Waals surface area contributed by atoms with Crippen molar-refractivity contribution >= 4 is 24.2 Å². The third-order valence-electron chi connectivity index (χ3n) is 1.65. The summed E-state index contributed by atoms with van der Waals surface area (Å²) in [6, 6.07) is 0. The van der Waals surface area contributed by atoms with Crippen LogP contribution in [0.5, 0.6) is 0 Å². The van der Waals surface area contributed by atoms with E-state index in [0.717, 1.165) is 18.7 Å². The predicted octanol–water partition coefficient (Wildman–Crippen LogP) is 2.64. The maximum atomic E-state index is 5.70. The lowest BCUT2D eigenvalue weighted by Gasteiger charge is -1.99. The summed E-state index contributed by atoms with van der Waals surface area (Å²) in [5.74, 6) is 0.972. The van der Waals surface area contributed by atoms with Crippen LogP contribution in [-0.4, -0.2) is 15.5 Å². The van der Waals surface area contributed by atoms with Gasteiger partial charge in [-0.2, -0.15) is 17.7 Å². The summed E-state index contributed by atoms with van der Waals surface area (Å²) in [5.41, 5.74) is 0. The molecule has 12 heavy (non-hydrogen) atoms. The van der Waals surface area contributed by atoms with Gasteiger partial charge in [-0.3, -0.25) is 4.68 Å². The number of unbranched alkanes of at least 4 members (excludes halogenated alkanes) is 2. The second-order valence-corrected chi connectivity index (χ2v) is 3.59. The number of aromatic nitrogens is 2. The molecule has 0 radical (unpaired) electrons. The van der Waals surface area contributed by atoms with Gasteiger partial charge in [0.2, 0.25) is 0 Å². The van der Waals surface area contributed by atoms with Crippen molar-refractivity contribution in [3.63, 3.8) is 0 Å². The van der Waals surface area contributed by atoms with Crippen molar-refractivity contribution in [3.05, 3.63) is 17.4 Å². The smallest absolute Gasteiger partial charge is 0.0785 e. The summed E-state index contributed by atoms with van der Waals surface area (Å²) in [6.45, 7) is 0.959. The van der Waals surface area contributed by atoms with Gasteiger partial charge in [-0.25, -0.2) is 0 Å². The molecule has 0 aliphatic rings. The van der Waals surface area contributed by atoms with Crippen LogP contribution in [0.15, 0.2) is 12.4 Å². The first-order valence-electron chi connectivity index (χ1n) is 4.12. The lowest BCUT2D eigenvalue weighted by molar-refractivity contribution is 0.555. The summed E-state index contributed by atoms with van der Waals surface area (Å²) in [7, 11) is 0. The molecule has 0 atom stereocenters. The van der Waals surface area contributed by atoms with E-state index in [0.29, 0.717) is 5.02 Å². The first-order valence-corrected chi connectivity index (χ1v) is 5.13. The molecule has 0 aliphatic carbocycles. The Bertz CT molecular complexity index is 225. The SMILES string of the molecule is SCCCCCn1cc(Cl)cn1. The zero-order valence-electron chi connectivity index (χ0n) is 6.91. The third-order valence-corrected chi connectivity index (χ3v) is 2.16. The van der Waals surface area contributed by atoms with E-state index in [1.54, 1.807) is 6.20 Å². The Kier molecular flexibility index (Phi) is 4.54. The maximum absolute atomic E-state index is 5.70. The van der Waals surface area contributed by atoms with E-state index >= 15 is 0 Å². The molecule has 0 saturated carbocycles. The number of hydrogen-bond acceptors (Lipinski definition) is 2. The van der Waals surface area contributed by atoms with Crippen molar-refractivity contribution in [1.29, 1.82) is 0 Å². The highest BCUT2D eigenvalue weighted by molar-refractivity contribution is 7.80. The zero-order valence-corrected chi connectivity index (χ0v) is 8.56. The first-order chi connectivity index (χ1) is 5.83. The minimum absolute atomic E-state index is 0.712. The molecule has 0 aromatic carbocycles. The lowest BCUT2D eigenvalue weighted by Crippen LogP contribution is -1.97. The zero-order chi connectivity index (χ0) is 8.81. The van der Waals surface area contributed by atoms with Crippen molar-refractivity contribution in [2.75, 3.05) is 5.75 Å². The third kappa shape index (κ3) is 3.50. The molecular weight excluding hydrogens is 192 g/mol. The normalized spacial score (nSPS) is 10.5. The van der Waals surface area contributed by atoms with Gasteiger partial charge in [0.25, 0.3) is 0 Å². The Morgan fingerprint density at radius 1 is 1.42 bits per heavy atom. The molecule has 0 amide bonds. The molecule has 4 heteroatoms. The van der Waals surface area contributed by atoms with Gasteiger partial charge < -0.3 is 0 Å². The molecule has 1 rings (SSSR count). The van der Waals surface area contributed by atoms with Crippen LogP contribution in [0.4, 0.5) is 0 Å². The average Bonchev–Trinajstić information content (AvgIpc) is 2.45. The van der Waals surface area contributed by atoms with Gasteiger partial charge in [-0.15, -0.1) is 0 Å². The summed E-state index contributed by atoms with van der Waals surface area (Å²) in [5, 5.41) is 4.79. The first kappa shape index (κ1) is 9.93. The molecule has 68 valence electrons. The summed E-state index contributed by atoms with van der Waals surface area (Å²) >= 11 is 9.85. The van der Waals surface area contributed by atoms with E-state index in [1.165, 1.54) is 12.8 Å². The van der Waals surface area contributed by atoms with E-state index in [9.17, 15) is 0 Å². The van der Waals surface area contributed by atoms with Gasteiger partial charge in [-0.05, 0) is 18.6 Å². The topological polar surface area (TPSA) is 17.8 Å². The van der Waals surface area contributed by atoms with E-state index < -0.39 is 0 Å². The van der Waals surface area contributed by atoms with E-state index in [-0.39, 0.29) is 0 Å². The van der Waals surface area contributed by atoms with Crippen LogP contribution in [0.1, 0.15) is 19.3 Å². The molecular formula is C8H13ClN2S. The number of nitrogens with zero attached hydrogens (tertiary/aromatic N) is 2. The Hall–Kier alpha value is -0.150. The van der Waals surface area contributed by atoms with Crippen molar-refractivity contribution in [3.8, 4) is 0 Å².